The minimum Gasteiger partial charge on any atom is -0.487 e. The standard InChI is InChI=1S/C16H24N2O/c1-12-4-5-15-13(10-12)14(17)11-16(19-15)6-3-8-18(2)9-7-16/h4-5,10,14H,3,6-9,11,17H2,1-2H3. The van der Waals surface area contributed by atoms with Gasteiger partial charge in [-0.25, -0.2) is 0 Å². The molecular formula is C16H24N2O. The van der Waals surface area contributed by atoms with Crippen molar-refractivity contribution in [2.45, 2.75) is 44.2 Å². The number of aryl methyl sites for hydroxylation is 1. The Labute approximate surface area is 115 Å². The third kappa shape index (κ3) is 2.49. The van der Waals surface area contributed by atoms with Crippen LogP contribution in [0.3, 0.4) is 0 Å². The Morgan fingerprint density at radius 1 is 1.32 bits per heavy atom. The van der Waals surface area contributed by atoms with Gasteiger partial charge in [-0.15, -0.1) is 0 Å². The first-order valence-electron chi connectivity index (χ1n) is 7.32. The molecule has 104 valence electrons. The number of nitrogens with two attached hydrogens (primary N) is 1. The second-order valence-electron chi connectivity index (χ2n) is 6.29. The summed E-state index contributed by atoms with van der Waals surface area (Å²) in [6.07, 6.45) is 4.37. The van der Waals surface area contributed by atoms with Crippen molar-refractivity contribution >= 4 is 0 Å². The molecule has 0 aromatic heterocycles. The van der Waals surface area contributed by atoms with Crippen LogP contribution in [-0.4, -0.2) is 30.6 Å². The molecule has 0 bridgehead atoms. The number of hydrogen-bond donors (Lipinski definition) is 1. The molecule has 0 saturated carbocycles. The summed E-state index contributed by atoms with van der Waals surface area (Å²) < 4.78 is 6.41. The smallest absolute Gasteiger partial charge is 0.124 e. The van der Waals surface area contributed by atoms with Gasteiger partial charge in [0.15, 0.2) is 0 Å². The quantitative estimate of drug-likeness (QED) is 0.779. The number of benzene rings is 1. The van der Waals surface area contributed by atoms with E-state index in [9.17, 15) is 0 Å². The molecule has 2 unspecified atom stereocenters. The summed E-state index contributed by atoms with van der Waals surface area (Å²) in [6.45, 7) is 4.38. The molecule has 0 radical (unpaired) electrons. The van der Waals surface area contributed by atoms with Crippen LogP contribution in [0.1, 0.15) is 42.9 Å². The first-order chi connectivity index (χ1) is 9.08. The summed E-state index contributed by atoms with van der Waals surface area (Å²) in [6, 6.07) is 6.51. The SMILES string of the molecule is Cc1ccc2c(c1)C(N)CC1(CCCN(C)CC1)O2. The molecule has 2 aliphatic heterocycles. The Kier molecular flexibility index (Phi) is 3.27. The molecule has 1 aromatic rings. The minimum absolute atomic E-state index is 0.0353. The first-order valence-corrected chi connectivity index (χ1v) is 7.32. The van der Waals surface area contributed by atoms with Gasteiger partial charge in [0.1, 0.15) is 11.4 Å². The largest absolute Gasteiger partial charge is 0.487 e. The van der Waals surface area contributed by atoms with Crippen LogP contribution in [0.4, 0.5) is 0 Å². The summed E-state index contributed by atoms with van der Waals surface area (Å²) in [4.78, 5) is 2.40. The molecule has 2 aliphatic rings. The predicted octanol–water partition coefficient (Wildman–Crippen LogP) is 2.63. The minimum atomic E-state index is -0.0353. The summed E-state index contributed by atoms with van der Waals surface area (Å²) in [5.41, 5.74) is 8.82. The zero-order valence-corrected chi connectivity index (χ0v) is 12.0. The van der Waals surface area contributed by atoms with Crippen molar-refractivity contribution in [1.82, 2.24) is 4.90 Å². The van der Waals surface area contributed by atoms with E-state index in [1.54, 1.807) is 0 Å². The highest BCUT2D eigenvalue weighted by atomic mass is 16.5. The van der Waals surface area contributed by atoms with Crippen molar-refractivity contribution in [3.63, 3.8) is 0 Å². The molecule has 2 atom stereocenters. The van der Waals surface area contributed by atoms with E-state index in [1.807, 2.05) is 0 Å². The van der Waals surface area contributed by atoms with E-state index in [0.29, 0.717) is 0 Å². The van der Waals surface area contributed by atoms with E-state index in [0.717, 1.165) is 31.6 Å². The Morgan fingerprint density at radius 2 is 2.16 bits per heavy atom. The van der Waals surface area contributed by atoms with Crippen molar-refractivity contribution in [1.29, 1.82) is 0 Å². The highest BCUT2D eigenvalue weighted by molar-refractivity contribution is 5.41. The number of likely N-dealkylation sites (tertiary alicyclic amines) is 1. The van der Waals surface area contributed by atoms with Crippen molar-refractivity contribution in [2.24, 2.45) is 5.73 Å². The summed E-state index contributed by atoms with van der Waals surface area (Å²) in [5.74, 6) is 1.01. The Balaban J connectivity index is 1.89. The fourth-order valence-corrected chi connectivity index (χ4v) is 3.45. The fraction of sp³-hybridized carbons (Fsp3) is 0.625. The van der Waals surface area contributed by atoms with Crippen LogP contribution in [0.5, 0.6) is 5.75 Å². The first kappa shape index (κ1) is 12.9. The van der Waals surface area contributed by atoms with Crippen molar-refractivity contribution in [3.8, 4) is 5.75 Å². The van der Waals surface area contributed by atoms with Crippen LogP contribution in [0.25, 0.3) is 0 Å². The molecule has 0 aliphatic carbocycles. The monoisotopic (exact) mass is 260 g/mol. The van der Waals surface area contributed by atoms with Crippen LogP contribution >= 0.6 is 0 Å². The zero-order valence-electron chi connectivity index (χ0n) is 12.0. The van der Waals surface area contributed by atoms with E-state index in [1.165, 1.54) is 24.1 Å². The highest BCUT2D eigenvalue weighted by Crippen LogP contribution is 2.43. The van der Waals surface area contributed by atoms with Crippen LogP contribution in [0.2, 0.25) is 0 Å². The molecule has 0 amide bonds. The maximum Gasteiger partial charge on any atom is 0.124 e. The summed E-state index contributed by atoms with van der Waals surface area (Å²) in [5, 5.41) is 0. The summed E-state index contributed by atoms with van der Waals surface area (Å²) >= 11 is 0. The van der Waals surface area contributed by atoms with Gasteiger partial charge in [-0.3, -0.25) is 0 Å². The average Bonchev–Trinajstić information content (AvgIpc) is 2.54. The zero-order chi connectivity index (χ0) is 13.5. The van der Waals surface area contributed by atoms with Gasteiger partial charge < -0.3 is 15.4 Å². The molecule has 3 rings (SSSR count). The predicted molar refractivity (Wildman–Crippen MR) is 77.4 cm³/mol. The molecular weight excluding hydrogens is 236 g/mol. The van der Waals surface area contributed by atoms with Gasteiger partial charge in [0, 0.05) is 24.6 Å². The van der Waals surface area contributed by atoms with E-state index in [4.69, 9.17) is 10.5 Å². The van der Waals surface area contributed by atoms with Crippen molar-refractivity contribution in [3.05, 3.63) is 29.3 Å². The van der Waals surface area contributed by atoms with E-state index < -0.39 is 0 Å². The van der Waals surface area contributed by atoms with Crippen molar-refractivity contribution < 1.29 is 4.74 Å². The Hall–Kier alpha value is -1.06. The van der Waals surface area contributed by atoms with Gasteiger partial charge >= 0.3 is 0 Å². The Morgan fingerprint density at radius 3 is 3.00 bits per heavy atom. The fourth-order valence-electron chi connectivity index (χ4n) is 3.45. The molecule has 3 nitrogen and oxygen atoms in total. The maximum atomic E-state index is 6.41. The van der Waals surface area contributed by atoms with Gasteiger partial charge in [-0.2, -0.15) is 0 Å². The molecule has 1 aromatic carbocycles. The van der Waals surface area contributed by atoms with Gasteiger partial charge in [0.25, 0.3) is 0 Å². The summed E-state index contributed by atoms with van der Waals surface area (Å²) in [7, 11) is 2.19. The molecule has 3 heteroatoms. The van der Waals surface area contributed by atoms with Crippen LogP contribution < -0.4 is 10.5 Å². The molecule has 19 heavy (non-hydrogen) atoms. The van der Waals surface area contributed by atoms with Gasteiger partial charge in [-0.05, 0) is 45.8 Å². The van der Waals surface area contributed by atoms with E-state index in [2.05, 4.69) is 37.1 Å². The number of hydrogen-bond acceptors (Lipinski definition) is 3. The van der Waals surface area contributed by atoms with Crippen LogP contribution in [0.15, 0.2) is 18.2 Å². The molecule has 1 saturated heterocycles. The molecule has 1 fully saturated rings. The molecule has 2 N–H and O–H groups in total. The molecule has 2 heterocycles. The average molecular weight is 260 g/mol. The highest BCUT2D eigenvalue weighted by Gasteiger charge is 2.40. The van der Waals surface area contributed by atoms with Crippen LogP contribution in [0, 0.1) is 6.92 Å². The second-order valence-corrected chi connectivity index (χ2v) is 6.29. The lowest BCUT2D eigenvalue weighted by Crippen LogP contribution is -2.43. The van der Waals surface area contributed by atoms with Crippen LogP contribution in [-0.2, 0) is 0 Å². The van der Waals surface area contributed by atoms with E-state index in [-0.39, 0.29) is 11.6 Å². The molecule has 1 spiro atoms. The normalized spacial score (nSPS) is 31.6. The lowest BCUT2D eigenvalue weighted by molar-refractivity contribution is 0.0223. The van der Waals surface area contributed by atoms with Gasteiger partial charge in [0.05, 0.1) is 0 Å². The lowest BCUT2D eigenvalue weighted by atomic mass is 9.82. The Bertz CT molecular complexity index is 474. The lowest BCUT2D eigenvalue weighted by Gasteiger charge is -2.41. The van der Waals surface area contributed by atoms with Crippen molar-refractivity contribution in [2.75, 3.05) is 20.1 Å². The topological polar surface area (TPSA) is 38.5 Å². The number of nitrogens with zero attached hydrogens (tertiary/aromatic N) is 1. The number of ether oxygens (including phenoxy) is 1. The maximum absolute atomic E-state index is 6.41. The van der Waals surface area contributed by atoms with Gasteiger partial charge in [0.2, 0.25) is 0 Å². The number of rotatable bonds is 0. The third-order valence-corrected chi connectivity index (χ3v) is 4.60. The second kappa shape index (κ2) is 4.80. The van der Waals surface area contributed by atoms with E-state index >= 15 is 0 Å². The van der Waals surface area contributed by atoms with Gasteiger partial charge in [-0.1, -0.05) is 17.7 Å². The number of fused-ring (bicyclic) bond motifs is 1. The third-order valence-electron chi connectivity index (χ3n) is 4.60.